The molecule has 0 aliphatic carbocycles. The van der Waals surface area contributed by atoms with Gasteiger partial charge in [-0.1, -0.05) is 11.2 Å². The summed E-state index contributed by atoms with van der Waals surface area (Å²) in [6.45, 7) is 7.50. The van der Waals surface area contributed by atoms with Gasteiger partial charge in [-0.05, 0) is 75.2 Å². The van der Waals surface area contributed by atoms with E-state index in [0.717, 1.165) is 36.3 Å². The molecule has 0 radical (unpaired) electrons. The van der Waals surface area contributed by atoms with Crippen LogP contribution in [0.1, 0.15) is 38.1 Å². The highest BCUT2D eigenvalue weighted by Crippen LogP contribution is 2.29. The van der Waals surface area contributed by atoms with Crippen LogP contribution in [0.15, 0.2) is 47.0 Å². The molecule has 1 aliphatic rings. The Kier molecular flexibility index (Phi) is 8.78. The summed E-state index contributed by atoms with van der Waals surface area (Å²) < 4.78 is 22.0. The molecule has 2 heterocycles. The lowest BCUT2D eigenvalue weighted by Crippen LogP contribution is -2.42. The molecule has 2 aromatic carbocycles. The topological polar surface area (TPSA) is 99.0 Å². The van der Waals surface area contributed by atoms with E-state index >= 15 is 0 Å². The molecule has 0 spiro atoms. The summed E-state index contributed by atoms with van der Waals surface area (Å²) in [5.41, 5.74) is 1.84. The molecule has 1 unspecified atom stereocenters. The summed E-state index contributed by atoms with van der Waals surface area (Å²) in [6, 6.07) is 13.3. The molecule has 1 aliphatic heterocycles. The van der Waals surface area contributed by atoms with Crippen molar-refractivity contribution in [3.05, 3.63) is 53.9 Å². The van der Waals surface area contributed by atoms with Gasteiger partial charge in [-0.25, -0.2) is 0 Å². The number of nitrogens with one attached hydrogen (secondary N) is 1. The van der Waals surface area contributed by atoms with E-state index in [2.05, 4.69) is 20.4 Å². The van der Waals surface area contributed by atoms with Gasteiger partial charge in [-0.15, -0.1) is 0 Å². The second kappa shape index (κ2) is 12.4. The van der Waals surface area contributed by atoms with Crippen LogP contribution in [0.3, 0.4) is 0 Å². The van der Waals surface area contributed by atoms with Gasteiger partial charge in [-0.2, -0.15) is 4.98 Å². The first kappa shape index (κ1) is 25.5. The van der Waals surface area contributed by atoms with Crippen LogP contribution in [-0.2, 0) is 17.9 Å². The van der Waals surface area contributed by atoms with E-state index in [4.69, 9.17) is 18.7 Å². The minimum absolute atomic E-state index is 0.0518. The van der Waals surface area contributed by atoms with Crippen LogP contribution in [0.4, 0.5) is 0 Å². The third kappa shape index (κ3) is 6.54. The molecule has 36 heavy (non-hydrogen) atoms. The lowest BCUT2D eigenvalue weighted by atomic mass is 9.97. The maximum Gasteiger partial charge on any atom is 0.241 e. The Labute approximate surface area is 211 Å². The predicted molar refractivity (Wildman–Crippen MR) is 135 cm³/mol. The zero-order chi connectivity index (χ0) is 25.3. The molecule has 0 bridgehead atoms. The van der Waals surface area contributed by atoms with Crippen LogP contribution in [-0.4, -0.2) is 54.4 Å². The number of rotatable bonds is 11. The van der Waals surface area contributed by atoms with Crippen LogP contribution in [0.2, 0.25) is 0 Å². The van der Waals surface area contributed by atoms with Crippen molar-refractivity contribution in [2.24, 2.45) is 5.92 Å². The third-order valence-corrected chi connectivity index (χ3v) is 6.13. The third-order valence-electron chi connectivity index (χ3n) is 6.13. The van der Waals surface area contributed by atoms with E-state index in [9.17, 15) is 4.79 Å². The van der Waals surface area contributed by atoms with Crippen LogP contribution in [0, 0.1) is 5.92 Å². The monoisotopic (exact) mass is 494 g/mol. The first-order valence-electron chi connectivity index (χ1n) is 12.4. The summed E-state index contributed by atoms with van der Waals surface area (Å²) in [6.07, 6.45) is 1.80. The van der Waals surface area contributed by atoms with Crippen molar-refractivity contribution in [3.63, 3.8) is 0 Å². The molecule has 1 amide bonds. The van der Waals surface area contributed by atoms with E-state index in [1.54, 1.807) is 7.11 Å². The summed E-state index contributed by atoms with van der Waals surface area (Å²) in [5.74, 6) is 3.24. The van der Waals surface area contributed by atoms with E-state index in [1.807, 2.05) is 56.3 Å². The van der Waals surface area contributed by atoms with Crippen molar-refractivity contribution in [2.45, 2.75) is 39.8 Å². The second-order valence-electron chi connectivity index (χ2n) is 8.68. The molecule has 1 atom stereocenters. The molecular formula is C27H34N4O5. The number of aromatic nitrogens is 2. The molecule has 4 rings (SSSR count). The first-order chi connectivity index (χ1) is 17.6. The number of nitrogens with zero attached hydrogens (tertiary/aromatic N) is 3. The van der Waals surface area contributed by atoms with Gasteiger partial charge in [0.1, 0.15) is 5.75 Å². The Morgan fingerprint density at radius 3 is 2.64 bits per heavy atom. The number of likely N-dealkylation sites (tertiary alicyclic amines) is 1. The van der Waals surface area contributed by atoms with Gasteiger partial charge in [0.05, 0.1) is 32.8 Å². The SMILES string of the molecule is CCOc1ccc(CNC(=O)C2CCCN(Cc3nc(-c4ccc(OC)cc4)no3)C2)cc1OCC. The van der Waals surface area contributed by atoms with Crippen molar-refractivity contribution in [1.82, 2.24) is 20.4 Å². The zero-order valence-electron chi connectivity index (χ0n) is 21.2. The number of piperidine rings is 1. The van der Waals surface area contributed by atoms with Gasteiger partial charge in [0, 0.05) is 18.7 Å². The Morgan fingerprint density at radius 1 is 1.11 bits per heavy atom. The number of hydrogen-bond donors (Lipinski definition) is 1. The van der Waals surface area contributed by atoms with Crippen molar-refractivity contribution in [3.8, 4) is 28.6 Å². The average Bonchev–Trinajstić information content (AvgIpc) is 3.37. The fourth-order valence-electron chi connectivity index (χ4n) is 4.32. The fraction of sp³-hybridized carbons (Fsp3) is 0.444. The van der Waals surface area contributed by atoms with Gasteiger partial charge in [0.2, 0.25) is 17.6 Å². The number of ether oxygens (including phenoxy) is 3. The fourth-order valence-corrected chi connectivity index (χ4v) is 4.32. The largest absolute Gasteiger partial charge is 0.497 e. The second-order valence-corrected chi connectivity index (χ2v) is 8.68. The number of carbonyl (C=O) groups excluding carboxylic acids is 1. The predicted octanol–water partition coefficient (Wildman–Crippen LogP) is 4.07. The van der Waals surface area contributed by atoms with E-state index in [1.165, 1.54) is 0 Å². The Hall–Kier alpha value is -3.59. The summed E-state index contributed by atoms with van der Waals surface area (Å²) >= 11 is 0. The van der Waals surface area contributed by atoms with Gasteiger partial charge in [0.25, 0.3) is 0 Å². The van der Waals surface area contributed by atoms with Gasteiger partial charge in [0.15, 0.2) is 11.5 Å². The number of carbonyl (C=O) groups is 1. The van der Waals surface area contributed by atoms with E-state index in [-0.39, 0.29) is 11.8 Å². The molecule has 9 nitrogen and oxygen atoms in total. The number of methoxy groups -OCH3 is 1. The Morgan fingerprint density at radius 2 is 1.89 bits per heavy atom. The maximum absolute atomic E-state index is 12.9. The highest BCUT2D eigenvalue weighted by atomic mass is 16.5. The summed E-state index contributed by atoms with van der Waals surface area (Å²) in [5, 5.41) is 7.20. The molecule has 1 N–H and O–H groups in total. The maximum atomic E-state index is 12.9. The molecule has 1 fully saturated rings. The van der Waals surface area contributed by atoms with Gasteiger partial charge in [-0.3, -0.25) is 9.69 Å². The number of hydrogen-bond acceptors (Lipinski definition) is 8. The molecule has 3 aromatic rings. The van der Waals surface area contributed by atoms with Crippen LogP contribution >= 0.6 is 0 Å². The summed E-state index contributed by atoms with van der Waals surface area (Å²) in [4.78, 5) is 19.7. The Balaban J connectivity index is 1.30. The minimum atomic E-state index is -0.0863. The standard InChI is InChI=1S/C27H34N4O5/c1-4-34-23-13-8-19(15-24(23)35-5-2)16-28-27(32)21-7-6-14-31(17-21)18-25-29-26(30-36-25)20-9-11-22(33-3)12-10-20/h8-13,15,21H,4-7,14,16-18H2,1-3H3,(H,28,32). The van der Waals surface area contributed by atoms with Crippen LogP contribution in [0.25, 0.3) is 11.4 Å². The van der Waals surface area contributed by atoms with Gasteiger partial charge >= 0.3 is 0 Å². The van der Waals surface area contributed by atoms with Gasteiger partial charge < -0.3 is 24.1 Å². The quantitative estimate of drug-likeness (QED) is 0.426. The number of amides is 1. The van der Waals surface area contributed by atoms with Crippen molar-refractivity contribution in [1.29, 1.82) is 0 Å². The van der Waals surface area contributed by atoms with Crippen molar-refractivity contribution in [2.75, 3.05) is 33.4 Å². The van der Waals surface area contributed by atoms with Crippen LogP contribution < -0.4 is 19.5 Å². The molecule has 1 aromatic heterocycles. The highest BCUT2D eigenvalue weighted by Gasteiger charge is 2.27. The molecule has 1 saturated heterocycles. The van der Waals surface area contributed by atoms with Crippen molar-refractivity contribution >= 4 is 5.91 Å². The van der Waals surface area contributed by atoms with Crippen LogP contribution in [0.5, 0.6) is 17.2 Å². The van der Waals surface area contributed by atoms with Crippen molar-refractivity contribution < 1.29 is 23.5 Å². The van der Waals surface area contributed by atoms with E-state index < -0.39 is 0 Å². The lowest BCUT2D eigenvalue weighted by Gasteiger charge is -2.30. The molecule has 0 saturated carbocycles. The normalized spacial score (nSPS) is 15.9. The average molecular weight is 495 g/mol. The minimum Gasteiger partial charge on any atom is -0.497 e. The number of benzene rings is 2. The lowest BCUT2D eigenvalue weighted by molar-refractivity contribution is -0.127. The molecule has 192 valence electrons. The Bertz CT molecular complexity index is 1130. The highest BCUT2D eigenvalue weighted by molar-refractivity contribution is 5.79. The smallest absolute Gasteiger partial charge is 0.241 e. The molecule has 9 heteroatoms. The zero-order valence-corrected chi connectivity index (χ0v) is 21.2. The first-order valence-corrected chi connectivity index (χ1v) is 12.4. The summed E-state index contributed by atoms with van der Waals surface area (Å²) in [7, 11) is 1.63. The van der Waals surface area contributed by atoms with E-state index in [0.29, 0.717) is 56.1 Å². The molecular weight excluding hydrogens is 460 g/mol.